The van der Waals surface area contributed by atoms with Crippen LogP contribution >= 0.6 is 11.3 Å². The first-order chi connectivity index (χ1) is 11.1. The van der Waals surface area contributed by atoms with E-state index in [-0.39, 0.29) is 11.7 Å². The number of rotatable bonds is 4. The first-order valence-electron chi connectivity index (χ1n) is 6.96. The maximum atomic E-state index is 12.9. The van der Waals surface area contributed by atoms with E-state index in [9.17, 15) is 9.18 Å². The monoisotopic (exact) mass is 327 g/mol. The Morgan fingerprint density at radius 3 is 2.35 bits per heavy atom. The molecule has 0 bridgehead atoms. The summed E-state index contributed by atoms with van der Waals surface area (Å²) in [6.45, 7) is 1.47. The fourth-order valence-electron chi connectivity index (χ4n) is 2.05. The van der Waals surface area contributed by atoms with Crippen molar-refractivity contribution in [3.8, 4) is 11.3 Å². The molecule has 0 saturated carbocycles. The molecular formula is C17H14FN3OS. The molecule has 0 aliphatic carbocycles. The van der Waals surface area contributed by atoms with Gasteiger partial charge in [0.2, 0.25) is 5.91 Å². The van der Waals surface area contributed by atoms with E-state index < -0.39 is 0 Å². The van der Waals surface area contributed by atoms with Crippen molar-refractivity contribution in [2.75, 3.05) is 10.6 Å². The van der Waals surface area contributed by atoms with Crippen LogP contribution in [0.4, 0.5) is 20.9 Å². The summed E-state index contributed by atoms with van der Waals surface area (Å²) >= 11 is 1.47. The van der Waals surface area contributed by atoms with Crippen LogP contribution in [-0.2, 0) is 4.79 Å². The Morgan fingerprint density at radius 1 is 1.04 bits per heavy atom. The van der Waals surface area contributed by atoms with Crippen LogP contribution in [0.5, 0.6) is 0 Å². The van der Waals surface area contributed by atoms with Crippen LogP contribution in [0.15, 0.2) is 53.9 Å². The van der Waals surface area contributed by atoms with Crippen molar-refractivity contribution >= 4 is 33.8 Å². The fraction of sp³-hybridized carbons (Fsp3) is 0.0588. The molecule has 0 aliphatic rings. The van der Waals surface area contributed by atoms with Gasteiger partial charge in [0.1, 0.15) is 5.82 Å². The van der Waals surface area contributed by atoms with Gasteiger partial charge in [-0.1, -0.05) is 12.1 Å². The van der Waals surface area contributed by atoms with Gasteiger partial charge in [0.25, 0.3) is 0 Å². The van der Waals surface area contributed by atoms with Gasteiger partial charge in [0.15, 0.2) is 5.13 Å². The Hall–Kier alpha value is -2.73. The number of anilines is 3. The lowest BCUT2D eigenvalue weighted by atomic mass is 10.1. The minimum absolute atomic E-state index is 0.0998. The van der Waals surface area contributed by atoms with E-state index >= 15 is 0 Å². The zero-order valence-electron chi connectivity index (χ0n) is 12.3. The number of nitrogens with zero attached hydrogens (tertiary/aromatic N) is 1. The van der Waals surface area contributed by atoms with Crippen molar-refractivity contribution in [2.45, 2.75) is 6.92 Å². The molecule has 0 radical (unpaired) electrons. The maximum Gasteiger partial charge on any atom is 0.221 e. The Kier molecular flexibility index (Phi) is 4.34. The highest BCUT2D eigenvalue weighted by Gasteiger charge is 2.05. The van der Waals surface area contributed by atoms with E-state index in [2.05, 4.69) is 15.6 Å². The molecule has 0 fully saturated rings. The highest BCUT2D eigenvalue weighted by atomic mass is 32.1. The Labute approximate surface area is 137 Å². The predicted molar refractivity (Wildman–Crippen MR) is 91.5 cm³/mol. The van der Waals surface area contributed by atoms with Crippen LogP contribution in [0, 0.1) is 5.82 Å². The van der Waals surface area contributed by atoms with Gasteiger partial charge in [-0.25, -0.2) is 9.37 Å². The van der Waals surface area contributed by atoms with Crippen molar-refractivity contribution in [3.63, 3.8) is 0 Å². The second-order valence-corrected chi connectivity index (χ2v) is 5.79. The molecule has 23 heavy (non-hydrogen) atoms. The van der Waals surface area contributed by atoms with Crippen molar-refractivity contribution in [3.05, 3.63) is 59.7 Å². The highest BCUT2D eigenvalue weighted by molar-refractivity contribution is 7.14. The molecule has 3 aromatic rings. The van der Waals surface area contributed by atoms with E-state index in [0.717, 1.165) is 27.8 Å². The first-order valence-corrected chi connectivity index (χ1v) is 7.84. The number of thiazole rings is 1. The molecule has 0 unspecified atom stereocenters. The number of halogens is 1. The van der Waals surface area contributed by atoms with Crippen LogP contribution in [-0.4, -0.2) is 10.9 Å². The molecule has 1 heterocycles. The summed E-state index contributed by atoms with van der Waals surface area (Å²) in [6, 6.07) is 13.6. The maximum absolute atomic E-state index is 12.9. The summed E-state index contributed by atoms with van der Waals surface area (Å²) in [5.74, 6) is -0.369. The summed E-state index contributed by atoms with van der Waals surface area (Å²) in [5.41, 5.74) is 3.34. The minimum Gasteiger partial charge on any atom is -0.332 e. The molecular weight excluding hydrogens is 313 g/mol. The molecule has 2 aromatic carbocycles. The van der Waals surface area contributed by atoms with E-state index in [1.165, 1.54) is 30.4 Å². The zero-order valence-corrected chi connectivity index (χ0v) is 13.2. The van der Waals surface area contributed by atoms with E-state index in [4.69, 9.17) is 0 Å². The molecule has 0 saturated heterocycles. The SMILES string of the molecule is CC(=O)Nc1ccc(-c2csc(Nc3ccc(F)cc3)n2)cc1. The van der Waals surface area contributed by atoms with Gasteiger partial charge >= 0.3 is 0 Å². The van der Waals surface area contributed by atoms with Gasteiger partial charge in [0, 0.05) is 29.2 Å². The van der Waals surface area contributed by atoms with Crippen LogP contribution in [0.2, 0.25) is 0 Å². The number of aromatic nitrogens is 1. The summed E-state index contributed by atoms with van der Waals surface area (Å²) in [7, 11) is 0. The molecule has 1 amide bonds. The van der Waals surface area contributed by atoms with Gasteiger partial charge in [-0.2, -0.15) is 0 Å². The molecule has 2 N–H and O–H groups in total. The van der Waals surface area contributed by atoms with Gasteiger partial charge in [-0.3, -0.25) is 4.79 Å². The Bertz CT molecular complexity index is 813. The fourth-order valence-corrected chi connectivity index (χ4v) is 2.79. The number of carbonyl (C=O) groups excluding carboxylic acids is 1. The standard InChI is InChI=1S/C17H14FN3OS/c1-11(22)19-14-6-2-12(3-7-14)16-10-23-17(21-16)20-15-8-4-13(18)5-9-15/h2-10H,1H3,(H,19,22)(H,20,21). The van der Waals surface area contributed by atoms with Gasteiger partial charge in [0.05, 0.1) is 5.69 Å². The third-order valence-corrected chi connectivity index (χ3v) is 3.86. The average Bonchev–Trinajstić information content (AvgIpc) is 2.98. The Balaban J connectivity index is 1.73. The molecule has 6 heteroatoms. The van der Waals surface area contributed by atoms with Crippen LogP contribution < -0.4 is 10.6 Å². The lowest BCUT2D eigenvalue weighted by Crippen LogP contribution is -2.05. The van der Waals surface area contributed by atoms with E-state index in [1.54, 1.807) is 12.1 Å². The van der Waals surface area contributed by atoms with Gasteiger partial charge in [-0.05, 0) is 36.4 Å². The normalized spacial score (nSPS) is 10.3. The number of nitrogens with one attached hydrogen (secondary N) is 2. The van der Waals surface area contributed by atoms with Crippen LogP contribution in [0.3, 0.4) is 0 Å². The van der Waals surface area contributed by atoms with E-state index in [1.807, 2.05) is 29.6 Å². The second-order valence-electron chi connectivity index (χ2n) is 4.93. The Morgan fingerprint density at radius 2 is 1.70 bits per heavy atom. The van der Waals surface area contributed by atoms with Gasteiger partial charge in [-0.15, -0.1) is 11.3 Å². The lowest BCUT2D eigenvalue weighted by Gasteiger charge is -2.03. The van der Waals surface area contributed by atoms with Gasteiger partial charge < -0.3 is 10.6 Å². The van der Waals surface area contributed by atoms with Crippen LogP contribution in [0.1, 0.15) is 6.92 Å². The zero-order chi connectivity index (χ0) is 16.2. The lowest BCUT2D eigenvalue weighted by molar-refractivity contribution is -0.114. The largest absolute Gasteiger partial charge is 0.332 e. The third kappa shape index (κ3) is 3.92. The molecule has 116 valence electrons. The van der Waals surface area contributed by atoms with E-state index in [0.29, 0.717) is 0 Å². The number of hydrogen-bond acceptors (Lipinski definition) is 4. The highest BCUT2D eigenvalue weighted by Crippen LogP contribution is 2.28. The topological polar surface area (TPSA) is 54.0 Å². The van der Waals surface area contributed by atoms with Crippen molar-refractivity contribution in [1.29, 1.82) is 0 Å². The summed E-state index contributed by atoms with van der Waals surface area (Å²) in [5, 5.41) is 8.55. The minimum atomic E-state index is -0.269. The molecule has 0 spiro atoms. The molecule has 1 aromatic heterocycles. The first kappa shape index (κ1) is 15.2. The number of amides is 1. The quantitative estimate of drug-likeness (QED) is 0.733. The predicted octanol–water partition coefficient (Wildman–Crippen LogP) is 4.65. The smallest absolute Gasteiger partial charge is 0.221 e. The molecule has 4 nitrogen and oxygen atoms in total. The van der Waals surface area contributed by atoms with Crippen molar-refractivity contribution in [2.24, 2.45) is 0 Å². The summed E-state index contributed by atoms with van der Waals surface area (Å²) in [4.78, 5) is 15.5. The van der Waals surface area contributed by atoms with Crippen molar-refractivity contribution in [1.82, 2.24) is 4.98 Å². The summed E-state index contributed by atoms with van der Waals surface area (Å²) < 4.78 is 12.9. The third-order valence-electron chi connectivity index (χ3n) is 3.10. The van der Waals surface area contributed by atoms with Crippen LogP contribution in [0.25, 0.3) is 11.3 Å². The summed E-state index contributed by atoms with van der Waals surface area (Å²) in [6.07, 6.45) is 0. The molecule has 0 aliphatic heterocycles. The second kappa shape index (κ2) is 6.58. The number of benzene rings is 2. The molecule has 0 atom stereocenters. The molecule has 3 rings (SSSR count). The van der Waals surface area contributed by atoms with Crippen molar-refractivity contribution < 1.29 is 9.18 Å². The number of hydrogen-bond donors (Lipinski definition) is 2. The number of carbonyl (C=O) groups is 1. The average molecular weight is 327 g/mol.